The summed E-state index contributed by atoms with van der Waals surface area (Å²) in [4.78, 5) is 12.4. The van der Waals surface area contributed by atoms with Crippen molar-refractivity contribution in [2.45, 2.75) is 20.8 Å². The first-order chi connectivity index (χ1) is 9.92. The smallest absolute Gasteiger partial charge is 0.255 e. The quantitative estimate of drug-likeness (QED) is 0.847. The molecule has 0 aliphatic rings. The number of carbonyl (C=O) groups excluding carboxylic acids is 1. The predicted octanol–water partition coefficient (Wildman–Crippen LogP) is 4.67. The first kappa shape index (κ1) is 15.6. The van der Waals surface area contributed by atoms with Gasteiger partial charge in [-0.2, -0.15) is 0 Å². The number of benzene rings is 2. The van der Waals surface area contributed by atoms with Crippen LogP contribution >= 0.6 is 15.9 Å². The van der Waals surface area contributed by atoms with E-state index in [2.05, 4.69) is 26.6 Å². The summed E-state index contributed by atoms with van der Waals surface area (Å²) in [7, 11) is 1.87. The molecule has 0 heterocycles. The minimum atomic E-state index is -0.0886. The fourth-order valence-corrected chi connectivity index (χ4v) is 3.07. The maximum absolute atomic E-state index is 12.4. The van der Waals surface area contributed by atoms with Crippen LogP contribution in [0.25, 0.3) is 0 Å². The zero-order chi connectivity index (χ0) is 15.6. The van der Waals surface area contributed by atoms with Crippen molar-refractivity contribution < 1.29 is 4.79 Å². The van der Waals surface area contributed by atoms with Gasteiger partial charge in [0.25, 0.3) is 5.91 Å². The molecule has 0 atom stereocenters. The van der Waals surface area contributed by atoms with Gasteiger partial charge in [-0.3, -0.25) is 4.79 Å². The van der Waals surface area contributed by atoms with Gasteiger partial charge in [0.15, 0.2) is 0 Å². The molecule has 0 aliphatic heterocycles. The number of carbonyl (C=O) groups is 1. The van der Waals surface area contributed by atoms with Gasteiger partial charge in [0.05, 0.1) is 0 Å². The van der Waals surface area contributed by atoms with E-state index in [4.69, 9.17) is 0 Å². The van der Waals surface area contributed by atoms with E-state index in [1.165, 1.54) is 0 Å². The Balaban J connectivity index is 2.28. The monoisotopic (exact) mass is 346 g/mol. The van der Waals surface area contributed by atoms with Crippen molar-refractivity contribution in [3.8, 4) is 0 Å². The highest BCUT2D eigenvalue weighted by atomic mass is 79.9. The topological polar surface area (TPSA) is 41.1 Å². The van der Waals surface area contributed by atoms with Gasteiger partial charge < -0.3 is 10.6 Å². The molecule has 2 aromatic rings. The lowest BCUT2D eigenvalue weighted by atomic mass is 10.1. The van der Waals surface area contributed by atoms with Crippen LogP contribution in [-0.4, -0.2) is 13.0 Å². The summed E-state index contributed by atoms with van der Waals surface area (Å²) in [5, 5.41) is 6.11. The molecule has 0 aromatic heterocycles. The predicted molar refractivity (Wildman–Crippen MR) is 92.3 cm³/mol. The van der Waals surface area contributed by atoms with E-state index < -0.39 is 0 Å². The summed E-state index contributed by atoms with van der Waals surface area (Å²) < 4.78 is 1.02. The van der Waals surface area contributed by atoms with Crippen LogP contribution < -0.4 is 10.6 Å². The second-order valence-electron chi connectivity index (χ2n) is 5.15. The third-order valence-electron chi connectivity index (χ3n) is 3.49. The van der Waals surface area contributed by atoms with Crippen molar-refractivity contribution >= 4 is 33.2 Å². The highest BCUT2D eigenvalue weighted by Gasteiger charge is 2.11. The van der Waals surface area contributed by atoms with Gasteiger partial charge in [0, 0.05) is 28.5 Å². The van der Waals surface area contributed by atoms with Crippen LogP contribution in [0.2, 0.25) is 0 Å². The van der Waals surface area contributed by atoms with Crippen LogP contribution in [0.15, 0.2) is 34.8 Å². The van der Waals surface area contributed by atoms with E-state index in [9.17, 15) is 4.79 Å². The summed E-state index contributed by atoms with van der Waals surface area (Å²) in [6.07, 6.45) is 0. The van der Waals surface area contributed by atoms with E-state index in [0.29, 0.717) is 5.56 Å². The number of amides is 1. The average Bonchev–Trinajstić information content (AvgIpc) is 2.42. The average molecular weight is 347 g/mol. The molecular formula is C17H19BrN2O. The van der Waals surface area contributed by atoms with Crippen molar-refractivity contribution in [1.29, 1.82) is 0 Å². The Hall–Kier alpha value is -1.81. The SMILES string of the molecule is CNc1ccc(C(=O)Nc2c(C)cc(Br)cc2C)cc1C. The minimum Gasteiger partial charge on any atom is -0.388 e. The van der Waals surface area contributed by atoms with E-state index in [1.54, 1.807) is 0 Å². The number of halogens is 1. The minimum absolute atomic E-state index is 0.0886. The zero-order valence-corrected chi connectivity index (χ0v) is 14.3. The third-order valence-corrected chi connectivity index (χ3v) is 3.95. The Bertz CT molecular complexity index is 672. The van der Waals surface area contributed by atoms with E-state index in [-0.39, 0.29) is 5.91 Å². The zero-order valence-electron chi connectivity index (χ0n) is 12.7. The van der Waals surface area contributed by atoms with Crippen LogP contribution in [0.5, 0.6) is 0 Å². The molecule has 0 spiro atoms. The fraction of sp³-hybridized carbons (Fsp3) is 0.235. The highest BCUT2D eigenvalue weighted by molar-refractivity contribution is 9.10. The molecule has 0 saturated heterocycles. The summed E-state index contributed by atoms with van der Waals surface area (Å²) in [6.45, 7) is 5.96. The molecule has 4 heteroatoms. The maximum Gasteiger partial charge on any atom is 0.255 e. The van der Waals surface area contributed by atoms with Gasteiger partial charge in [0.2, 0.25) is 0 Å². The number of aryl methyl sites for hydroxylation is 3. The molecule has 3 nitrogen and oxygen atoms in total. The molecule has 2 N–H and O–H groups in total. The van der Waals surface area contributed by atoms with E-state index in [0.717, 1.165) is 32.5 Å². The molecule has 0 aliphatic carbocycles. The van der Waals surface area contributed by atoms with Crippen LogP contribution in [0.1, 0.15) is 27.0 Å². The molecule has 0 radical (unpaired) electrons. The molecule has 0 bridgehead atoms. The number of hydrogen-bond acceptors (Lipinski definition) is 2. The number of nitrogens with one attached hydrogen (secondary N) is 2. The molecule has 2 aromatic carbocycles. The summed E-state index contributed by atoms with van der Waals surface area (Å²) in [5.74, 6) is -0.0886. The lowest BCUT2D eigenvalue weighted by Gasteiger charge is -2.13. The van der Waals surface area contributed by atoms with Gasteiger partial charge in [0.1, 0.15) is 0 Å². The fourth-order valence-electron chi connectivity index (χ4n) is 2.38. The molecule has 0 fully saturated rings. The van der Waals surface area contributed by atoms with Crippen molar-refractivity contribution in [3.05, 3.63) is 57.1 Å². The van der Waals surface area contributed by atoms with Gasteiger partial charge in [-0.15, -0.1) is 0 Å². The van der Waals surface area contributed by atoms with Gasteiger partial charge in [-0.05, 0) is 67.8 Å². The van der Waals surface area contributed by atoms with Crippen LogP contribution in [-0.2, 0) is 0 Å². The molecule has 21 heavy (non-hydrogen) atoms. The van der Waals surface area contributed by atoms with Crippen LogP contribution in [0, 0.1) is 20.8 Å². The third kappa shape index (κ3) is 3.45. The first-order valence-electron chi connectivity index (χ1n) is 6.79. The summed E-state index contributed by atoms with van der Waals surface area (Å²) in [6, 6.07) is 9.64. The first-order valence-corrected chi connectivity index (χ1v) is 7.58. The summed E-state index contributed by atoms with van der Waals surface area (Å²) in [5.41, 5.74) is 5.70. The number of anilines is 2. The lowest BCUT2D eigenvalue weighted by molar-refractivity contribution is 0.102. The van der Waals surface area contributed by atoms with E-state index in [1.807, 2.05) is 58.2 Å². The Kier molecular flexibility index (Phi) is 4.68. The number of hydrogen-bond donors (Lipinski definition) is 2. The standard InChI is InChI=1S/C17H19BrN2O/c1-10-7-13(5-6-15(10)19-4)17(21)20-16-11(2)8-14(18)9-12(16)3/h5-9,19H,1-4H3,(H,20,21). The van der Waals surface area contributed by atoms with Gasteiger partial charge in [-0.1, -0.05) is 15.9 Å². The Labute approximate surface area is 133 Å². The Morgan fingerprint density at radius 1 is 1.00 bits per heavy atom. The normalized spacial score (nSPS) is 10.3. The van der Waals surface area contributed by atoms with Crippen molar-refractivity contribution in [2.75, 3.05) is 17.7 Å². The highest BCUT2D eigenvalue weighted by Crippen LogP contribution is 2.26. The second kappa shape index (κ2) is 6.31. The Morgan fingerprint density at radius 3 is 2.14 bits per heavy atom. The van der Waals surface area contributed by atoms with Crippen molar-refractivity contribution in [2.24, 2.45) is 0 Å². The largest absolute Gasteiger partial charge is 0.388 e. The molecule has 1 amide bonds. The number of rotatable bonds is 3. The maximum atomic E-state index is 12.4. The molecular weight excluding hydrogens is 328 g/mol. The Morgan fingerprint density at radius 2 is 1.62 bits per heavy atom. The van der Waals surface area contributed by atoms with Crippen molar-refractivity contribution in [3.63, 3.8) is 0 Å². The summed E-state index contributed by atoms with van der Waals surface area (Å²) >= 11 is 3.46. The van der Waals surface area contributed by atoms with E-state index >= 15 is 0 Å². The molecule has 110 valence electrons. The van der Waals surface area contributed by atoms with Gasteiger partial charge >= 0.3 is 0 Å². The van der Waals surface area contributed by atoms with Crippen LogP contribution in [0.4, 0.5) is 11.4 Å². The lowest BCUT2D eigenvalue weighted by Crippen LogP contribution is -2.14. The molecule has 2 rings (SSSR count). The molecule has 0 saturated carbocycles. The van der Waals surface area contributed by atoms with Gasteiger partial charge in [-0.25, -0.2) is 0 Å². The van der Waals surface area contributed by atoms with Crippen LogP contribution in [0.3, 0.4) is 0 Å². The molecule has 0 unspecified atom stereocenters. The second-order valence-corrected chi connectivity index (χ2v) is 6.06. The van der Waals surface area contributed by atoms with Crippen molar-refractivity contribution in [1.82, 2.24) is 0 Å².